The van der Waals surface area contributed by atoms with Gasteiger partial charge >= 0.3 is 0 Å². The number of carbonyl (C=O) groups excluding carboxylic acids is 1. The number of nitrogens with zero attached hydrogens (tertiary/aromatic N) is 2. The maximum Gasteiger partial charge on any atom is 0.250 e. The Bertz CT molecular complexity index is 558. The predicted molar refractivity (Wildman–Crippen MR) is 73.2 cm³/mol. The Morgan fingerprint density at radius 3 is 2.58 bits per heavy atom. The van der Waals surface area contributed by atoms with Crippen LogP contribution in [-0.4, -0.2) is 30.1 Å². The van der Waals surface area contributed by atoms with Crippen molar-refractivity contribution in [2.24, 2.45) is 12.5 Å². The van der Waals surface area contributed by atoms with Crippen molar-refractivity contribution >= 4 is 11.6 Å². The number of piperidine rings is 1. The largest absolute Gasteiger partial charge is 0.317 e. The predicted octanol–water partition coefficient (Wildman–Crippen LogP) is 0.492. The highest BCUT2D eigenvalue weighted by atomic mass is 16.2. The molecule has 1 aromatic rings. The normalized spacial score (nSPS) is 22.2. The second kappa shape index (κ2) is 4.49. The second-order valence-electron chi connectivity index (χ2n) is 5.57. The molecule has 5 nitrogen and oxygen atoms in total. The highest BCUT2D eigenvalue weighted by Crippen LogP contribution is 2.41. The monoisotopic (exact) mass is 261 g/mol. The average molecular weight is 261 g/mol. The standard InChI is InChI=1S/C14H19N3O2/c1-16-10-11(2-3-12(16)18)17-9-6-14(13(17)19)4-7-15-8-5-14/h2-3,10,15H,4-9H2,1H3. The molecule has 3 rings (SSSR count). The summed E-state index contributed by atoms with van der Waals surface area (Å²) in [5.74, 6) is 0.229. The molecule has 102 valence electrons. The molecule has 0 aromatic carbocycles. The molecule has 1 spiro atoms. The third-order valence-electron chi connectivity index (χ3n) is 4.46. The van der Waals surface area contributed by atoms with Gasteiger partial charge < -0.3 is 14.8 Å². The molecular weight excluding hydrogens is 242 g/mol. The Balaban J connectivity index is 1.89. The number of carbonyl (C=O) groups is 1. The fourth-order valence-corrected chi connectivity index (χ4v) is 3.18. The quantitative estimate of drug-likeness (QED) is 0.800. The van der Waals surface area contributed by atoms with Crippen LogP contribution in [0.5, 0.6) is 0 Å². The van der Waals surface area contributed by atoms with Crippen molar-refractivity contribution in [3.63, 3.8) is 0 Å². The summed E-state index contributed by atoms with van der Waals surface area (Å²) in [5.41, 5.74) is 0.620. The van der Waals surface area contributed by atoms with Gasteiger partial charge in [0.1, 0.15) is 0 Å². The van der Waals surface area contributed by atoms with Crippen LogP contribution in [0.2, 0.25) is 0 Å². The van der Waals surface area contributed by atoms with E-state index in [-0.39, 0.29) is 16.9 Å². The number of hydrogen-bond donors (Lipinski definition) is 1. The van der Waals surface area contributed by atoms with E-state index in [1.165, 1.54) is 10.6 Å². The van der Waals surface area contributed by atoms with Crippen LogP contribution in [0.3, 0.4) is 0 Å². The SMILES string of the molecule is Cn1cc(N2CCC3(CCNCC3)C2=O)ccc1=O. The molecular formula is C14H19N3O2. The molecule has 3 heterocycles. The lowest BCUT2D eigenvalue weighted by Gasteiger charge is -2.32. The third-order valence-corrected chi connectivity index (χ3v) is 4.46. The van der Waals surface area contributed by atoms with Gasteiger partial charge in [0.2, 0.25) is 11.5 Å². The first-order valence-electron chi connectivity index (χ1n) is 6.82. The molecule has 0 unspecified atom stereocenters. The molecule has 0 saturated carbocycles. The van der Waals surface area contributed by atoms with E-state index in [2.05, 4.69) is 5.32 Å². The van der Waals surface area contributed by atoms with Crippen molar-refractivity contribution in [3.05, 3.63) is 28.7 Å². The summed E-state index contributed by atoms with van der Waals surface area (Å²) in [6.07, 6.45) is 4.53. The number of amides is 1. The number of hydrogen-bond acceptors (Lipinski definition) is 3. The van der Waals surface area contributed by atoms with Crippen LogP contribution in [0.15, 0.2) is 23.1 Å². The molecule has 19 heavy (non-hydrogen) atoms. The molecule has 2 aliphatic heterocycles. The van der Waals surface area contributed by atoms with Gasteiger partial charge in [-0.3, -0.25) is 9.59 Å². The van der Waals surface area contributed by atoms with Crippen molar-refractivity contribution in [3.8, 4) is 0 Å². The van der Waals surface area contributed by atoms with Crippen molar-refractivity contribution in [2.45, 2.75) is 19.3 Å². The lowest BCUT2D eigenvalue weighted by atomic mass is 9.78. The van der Waals surface area contributed by atoms with Gasteiger partial charge in [-0.2, -0.15) is 0 Å². The molecule has 0 bridgehead atoms. The zero-order valence-electron chi connectivity index (χ0n) is 11.2. The van der Waals surface area contributed by atoms with Gasteiger partial charge in [-0.05, 0) is 38.4 Å². The number of anilines is 1. The lowest BCUT2D eigenvalue weighted by molar-refractivity contribution is -0.126. The van der Waals surface area contributed by atoms with Crippen LogP contribution < -0.4 is 15.8 Å². The minimum atomic E-state index is -0.167. The summed E-state index contributed by atoms with van der Waals surface area (Å²) >= 11 is 0. The van der Waals surface area contributed by atoms with Crippen LogP contribution in [0.4, 0.5) is 5.69 Å². The van der Waals surface area contributed by atoms with E-state index in [1.54, 1.807) is 19.3 Å². The van der Waals surface area contributed by atoms with Crippen molar-refractivity contribution in [1.82, 2.24) is 9.88 Å². The van der Waals surface area contributed by atoms with E-state index >= 15 is 0 Å². The molecule has 0 aliphatic carbocycles. The maximum absolute atomic E-state index is 12.7. The van der Waals surface area contributed by atoms with E-state index in [0.717, 1.165) is 44.6 Å². The molecule has 0 radical (unpaired) electrons. The van der Waals surface area contributed by atoms with Crippen LogP contribution in [0, 0.1) is 5.41 Å². The van der Waals surface area contributed by atoms with Crippen LogP contribution in [-0.2, 0) is 11.8 Å². The van der Waals surface area contributed by atoms with Gasteiger partial charge in [0, 0.05) is 25.9 Å². The van der Waals surface area contributed by atoms with Gasteiger partial charge in [0.05, 0.1) is 11.1 Å². The Kier molecular flexibility index (Phi) is 2.93. The van der Waals surface area contributed by atoms with Gasteiger partial charge in [-0.1, -0.05) is 0 Å². The number of rotatable bonds is 1. The topological polar surface area (TPSA) is 54.3 Å². The summed E-state index contributed by atoms with van der Waals surface area (Å²) in [7, 11) is 1.71. The summed E-state index contributed by atoms with van der Waals surface area (Å²) < 4.78 is 1.52. The van der Waals surface area contributed by atoms with Crippen molar-refractivity contribution < 1.29 is 4.79 Å². The van der Waals surface area contributed by atoms with Crippen molar-refractivity contribution in [2.75, 3.05) is 24.5 Å². The van der Waals surface area contributed by atoms with Crippen LogP contribution >= 0.6 is 0 Å². The minimum absolute atomic E-state index is 0.0491. The Hall–Kier alpha value is -1.62. The number of aryl methyl sites for hydroxylation is 1. The lowest BCUT2D eigenvalue weighted by Crippen LogP contribution is -2.42. The first kappa shape index (κ1) is 12.4. The first-order chi connectivity index (χ1) is 9.12. The van der Waals surface area contributed by atoms with Crippen molar-refractivity contribution in [1.29, 1.82) is 0 Å². The molecule has 2 fully saturated rings. The van der Waals surface area contributed by atoms with Gasteiger partial charge in [-0.15, -0.1) is 0 Å². The summed E-state index contributed by atoms with van der Waals surface area (Å²) in [4.78, 5) is 25.9. The Morgan fingerprint density at radius 1 is 1.16 bits per heavy atom. The third kappa shape index (κ3) is 1.98. The van der Waals surface area contributed by atoms with E-state index in [1.807, 2.05) is 4.90 Å². The number of nitrogens with one attached hydrogen (secondary N) is 1. The zero-order chi connectivity index (χ0) is 13.5. The molecule has 2 aliphatic rings. The van der Waals surface area contributed by atoms with E-state index in [9.17, 15) is 9.59 Å². The Morgan fingerprint density at radius 2 is 1.89 bits per heavy atom. The maximum atomic E-state index is 12.7. The molecule has 1 N–H and O–H groups in total. The van der Waals surface area contributed by atoms with Gasteiger partial charge in [-0.25, -0.2) is 0 Å². The molecule has 0 atom stereocenters. The van der Waals surface area contributed by atoms with E-state index < -0.39 is 0 Å². The molecule has 2 saturated heterocycles. The van der Waals surface area contributed by atoms with Gasteiger partial charge in [0.25, 0.3) is 0 Å². The summed E-state index contributed by atoms with van der Waals surface area (Å²) in [5, 5.41) is 3.31. The summed E-state index contributed by atoms with van der Waals surface area (Å²) in [6.45, 7) is 2.61. The minimum Gasteiger partial charge on any atom is -0.317 e. The highest BCUT2D eigenvalue weighted by molar-refractivity contribution is 5.99. The average Bonchev–Trinajstić information content (AvgIpc) is 2.72. The summed E-state index contributed by atoms with van der Waals surface area (Å²) in [6, 6.07) is 3.27. The molecule has 1 amide bonds. The first-order valence-corrected chi connectivity index (χ1v) is 6.82. The van der Waals surface area contributed by atoms with Crippen LogP contribution in [0.25, 0.3) is 0 Å². The number of aromatic nitrogens is 1. The Labute approximate surface area is 112 Å². The van der Waals surface area contributed by atoms with Gasteiger partial charge in [0.15, 0.2) is 0 Å². The second-order valence-corrected chi connectivity index (χ2v) is 5.57. The van der Waals surface area contributed by atoms with E-state index in [0.29, 0.717) is 0 Å². The van der Waals surface area contributed by atoms with E-state index in [4.69, 9.17) is 0 Å². The zero-order valence-corrected chi connectivity index (χ0v) is 11.2. The smallest absolute Gasteiger partial charge is 0.250 e. The number of pyridine rings is 1. The fraction of sp³-hybridized carbons (Fsp3) is 0.571. The fourth-order valence-electron chi connectivity index (χ4n) is 3.18. The highest BCUT2D eigenvalue weighted by Gasteiger charge is 2.47. The van der Waals surface area contributed by atoms with Crippen LogP contribution in [0.1, 0.15) is 19.3 Å². The molecule has 5 heteroatoms. The molecule has 1 aromatic heterocycles.